The number of carbonyl (C=O) groups excluding carboxylic acids is 3. The average molecular weight is 645 g/mol. The zero-order valence-electron chi connectivity index (χ0n) is 27.7. The van der Waals surface area contributed by atoms with Crippen molar-refractivity contribution < 1.29 is 23.9 Å². The minimum absolute atomic E-state index is 0.206. The molecule has 0 saturated carbocycles. The summed E-state index contributed by atoms with van der Waals surface area (Å²) >= 11 is 0. The van der Waals surface area contributed by atoms with E-state index in [4.69, 9.17) is 9.47 Å². The molecule has 1 unspecified atom stereocenters. The molecule has 0 radical (unpaired) electrons. The van der Waals surface area contributed by atoms with Crippen LogP contribution in [0.5, 0.6) is 0 Å². The van der Waals surface area contributed by atoms with Crippen LogP contribution in [-0.4, -0.2) is 72.9 Å². The zero-order chi connectivity index (χ0) is 33.5. The lowest BCUT2D eigenvalue weighted by molar-refractivity contribution is 0.0371. The lowest BCUT2D eigenvalue weighted by Crippen LogP contribution is -2.39. The lowest BCUT2D eigenvalue weighted by Gasteiger charge is -2.26. The third-order valence-corrected chi connectivity index (χ3v) is 7.65. The lowest BCUT2D eigenvalue weighted by atomic mass is 10.0. The molecule has 1 atom stereocenters. The molecule has 11 nitrogen and oxygen atoms in total. The number of pyridine rings is 1. The fraction of sp³-hybridized carbons (Fsp3) is 0.444. The van der Waals surface area contributed by atoms with Gasteiger partial charge in [-0.3, -0.25) is 20.0 Å². The number of para-hydroxylation sites is 2. The van der Waals surface area contributed by atoms with Crippen molar-refractivity contribution in [2.75, 3.05) is 50.0 Å². The summed E-state index contributed by atoms with van der Waals surface area (Å²) in [7, 11) is 0. The van der Waals surface area contributed by atoms with Crippen molar-refractivity contribution in [3.8, 4) is 0 Å². The molecule has 3 aromatic rings. The summed E-state index contributed by atoms with van der Waals surface area (Å²) in [5, 5.41) is 11.6. The fourth-order valence-corrected chi connectivity index (χ4v) is 5.23. The number of benzene rings is 2. The van der Waals surface area contributed by atoms with Crippen molar-refractivity contribution in [1.29, 1.82) is 0 Å². The highest BCUT2D eigenvalue weighted by Crippen LogP contribution is 2.24. The van der Waals surface area contributed by atoms with Crippen LogP contribution in [0.4, 0.5) is 21.0 Å². The second kappa shape index (κ2) is 18.0. The molecular formula is C36H48N6O5. The van der Waals surface area contributed by atoms with Crippen LogP contribution in [0, 0.1) is 0 Å². The van der Waals surface area contributed by atoms with Gasteiger partial charge in [0, 0.05) is 25.8 Å². The summed E-state index contributed by atoms with van der Waals surface area (Å²) in [5.41, 5.74) is 2.34. The summed E-state index contributed by atoms with van der Waals surface area (Å²) in [6.07, 6.45) is 5.55. The Morgan fingerprint density at radius 1 is 0.894 bits per heavy atom. The molecule has 4 rings (SSSR count). The van der Waals surface area contributed by atoms with Crippen LogP contribution in [0.15, 0.2) is 72.9 Å². The first-order valence-corrected chi connectivity index (χ1v) is 16.4. The second-order valence-electron chi connectivity index (χ2n) is 12.6. The van der Waals surface area contributed by atoms with E-state index in [0.717, 1.165) is 76.1 Å². The van der Waals surface area contributed by atoms with Gasteiger partial charge >= 0.3 is 12.1 Å². The maximum Gasteiger partial charge on any atom is 0.412 e. The standard InChI is InChI=1S/C36H48N6O5/c1-36(2,3)47-35(45)41-31-16-10-9-15-30(31)39-33(43)32-18-17-28(26-38-32)29(14-8-5-11-21-42-22-24-46-25-23-42)40-34(44)37-20-19-27-12-6-4-7-13-27/h4,6-7,9-10,12-13,15-18,26,29H,5,8,11,14,19-25H2,1-3H3,(H,39,43)(H,41,45)(H2,37,40,44). The summed E-state index contributed by atoms with van der Waals surface area (Å²) in [4.78, 5) is 45.2. The Morgan fingerprint density at radius 3 is 2.28 bits per heavy atom. The average Bonchev–Trinajstić information content (AvgIpc) is 3.05. The number of rotatable bonds is 14. The molecule has 4 N–H and O–H groups in total. The summed E-state index contributed by atoms with van der Waals surface area (Å²) in [6, 6.07) is 19.9. The number of aromatic nitrogens is 1. The Labute approximate surface area is 277 Å². The highest BCUT2D eigenvalue weighted by atomic mass is 16.6. The largest absolute Gasteiger partial charge is 0.444 e. The maximum atomic E-state index is 13.1. The Hall–Kier alpha value is -4.48. The number of nitrogens with one attached hydrogen (secondary N) is 4. The van der Waals surface area contributed by atoms with Crippen molar-refractivity contribution in [2.45, 2.75) is 64.5 Å². The topological polar surface area (TPSA) is 134 Å². The number of amides is 4. The molecule has 2 heterocycles. The molecule has 1 aliphatic rings. The van der Waals surface area contributed by atoms with E-state index in [1.54, 1.807) is 57.3 Å². The van der Waals surface area contributed by atoms with E-state index in [1.807, 2.05) is 36.4 Å². The van der Waals surface area contributed by atoms with Gasteiger partial charge in [0.05, 0.1) is 30.6 Å². The normalized spacial score (nSPS) is 14.1. The first kappa shape index (κ1) is 35.4. The molecule has 0 aliphatic carbocycles. The summed E-state index contributed by atoms with van der Waals surface area (Å²) < 4.78 is 10.8. The molecule has 11 heteroatoms. The van der Waals surface area contributed by atoms with E-state index < -0.39 is 17.6 Å². The number of morpholine rings is 1. The molecule has 2 aromatic carbocycles. The highest BCUT2D eigenvalue weighted by Gasteiger charge is 2.20. The van der Waals surface area contributed by atoms with Crippen molar-refractivity contribution in [3.05, 3.63) is 89.7 Å². The van der Waals surface area contributed by atoms with Crippen LogP contribution >= 0.6 is 0 Å². The van der Waals surface area contributed by atoms with Crippen LogP contribution in [0.25, 0.3) is 0 Å². The number of hydrogen-bond acceptors (Lipinski definition) is 7. The van der Waals surface area contributed by atoms with Crippen molar-refractivity contribution in [3.63, 3.8) is 0 Å². The molecular weight excluding hydrogens is 596 g/mol. The number of ether oxygens (including phenoxy) is 2. The number of urea groups is 1. The molecule has 47 heavy (non-hydrogen) atoms. The van der Waals surface area contributed by atoms with E-state index >= 15 is 0 Å². The van der Waals surface area contributed by atoms with Crippen molar-refractivity contribution in [2.24, 2.45) is 0 Å². The zero-order valence-corrected chi connectivity index (χ0v) is 27.7. The van der Waals surface area contributed by atoms with Crippen LogP contribution < -0.4 is 21.3 Å². The van der Waals surface area contributed by atoms with Gasteiger partial charge in [-0.2, -0.15) is 0 Å². The van der Waals surface area contributed by atoms with Crippen molar-refractivity contribution in [1.82, 2.24) is 20.5 Å². The van der Waals surface area contributed by atoms with Gasteiger partial charge < -0.3 is 25.4 Å². The SMILES string of the molecule is CC(C)(C)OC(=O)Nc1ccccc1NC(=O)c1ccc(C(CCCCCN2CCOCC2)NC(=O)NCCc2ccccc2)cn1. The third-order valence-electron chi connectivity index (χ3n) is 7.65. The molecule has 1 aromatic heterocycles. The predicted octanol–water partition coefficient (Wildman–Crippen LogP) is 6.16. The summed E-state index contributed by atoms with van der Waals surface area (Å²) in [5.74, 6) is -0.429. The summed E-state index contributed by atoms with van der Waals surface area (Å²) in [6.45, 7) is 10.4. The molecule has 1 saturated heterocycles. The molecule has 252 valence electrons. The third kappa shape index (κ3) is 12.7. The van der Waals surface area contributed by atoms with E-state index in [9.17, 15) is 14.4 Å². The van der Waals surface area contributed by atoms with Gasteiger partial charge in [0.2, 0.25) is 0 Å². The first-order valence-electron chi connectivity index (χ1n) is 16.4. The Morgan fingerprint density at radius 2 is 1.60 bits per heavy atom. The van der Waals surface area contributed by atoms with Gasteiger partial charge in [0.15, 0.2) is 0 Å². The fourth-order valence-electron chi connectivity index (χ4n) is 5.23. The molecule has 1 aliphatic heterocycles. The molecule has 4 amide bonds. The van der Waals surface area contributed by atoms with Gasteiger partial charge in [-0.15, -0.1) is 0 Å². The van der Waals surface area contributed by atoms with Gasteiger partial charge in [0.25, 0.3) is 5.91 Å². The van der Waals surface area contributed by atoms with Crippen LogP contribution in [0.1, 0.15) is 74.1 Å². The first-order chi connectivity index (χ1) is 22.7. The number of nitrogens with zero attached hydrogens (tertiary/aromatic N) is 2. The molecule has 0 bridgehead atoms. The number of hydrogen-bond donors (Lipinski definition) is 4. The number of carbonyl (C=O) groups is 3. The number of unbranched alkanes of at least 4 members (excludes halogenated alkanes) is 2. The quantitative estimate of drug-likeness (QED) is 0.155. The van der Waals surface area contributed by atoms with Crippen molar-refractivity contribution >= 4 is 29.4 Å². The molecule has 1 fully saturated rings. The van der Waals surface area contributed by atoms with Gasteiger partial charge in [-0.1, -0.05) is 61.4 Å². The van der Waals surface area contributed by atoms with Gasteiger partial charge in [-0.05, 0) is 75.9 Å². The van der Waals surface area contributed by atoms with E-state index in [-0.39, 0.29) is 17.8 Å². The minimum atomic E-state index is -0.660. The Bertz CT molecular complexity index is 1420. The van der Waals surface area contributed by atoms with Crippen LogP contribution in [0.3, 0.4) is 0 Å². The van der Waals surface area contributed by atoms with E-state index in [2.05, 4.69) is 31.2 Å². The second-order valence-corrected chi connectivity index (χ2v) is 12.6. The Balaban J connectivity index is 1.35. The van der Waals surface area contributed by atoms with Crippen LogP contribution in [-0.2, 0) is 15.9 Å². The smallest absolute Gasteiger partial charge is 0.412 e. The maximum absolute atomic E-state index is 13.1. The van der Waals surface area contributed by atoms with Crippen LogP contribution in [0.2, 0.25) is 0 Å². The number of anilines is 2. The minimum Gasteiger partial charge on any atom is -0.444 e. The van der Waals surface area contributed by atoms with Gasteiger partial charge in [0.1, 0.15) is 11.3 Å². The van der Waals surface area contributed by atoms with E-state index in [0.29, 0.717) is 17.9 Å². The highest BCUT2D eigenvalue weighted by molar-refractivity contribution is 6.05. The Kier molecular flexibility index (Phi) is 13.6. The predicted molar refractivity (Wildman–Crippen MR) is 184 cm³/mol. The molecule has 0 spiro atoms. The monoisotopic (exact) mass is 644 g/mol. The van der Waals surface area contributed by atoms with Gasteiger partial charge in [-0.25, -0.2) is 9.59 Å². The van der Waals surface area contributed by atoms with E-state index in [1.165, 1.54) is 0 Å².